The van der Waals surface area contributed by atoms with Crippen LogP contribution in [0, 0.1) is 5.82 Å². The zero-order valence-corrected chi connectivity index (χ0v) is 14.9. The van der Waals surface area contributed by atoms with Crippen LogP contribution >= 0.6 is 0 Å². The normalized spacial score (nSPS) is 17.8. The Bertz CT molecular complexity index is 679. The smallest absolute Gasteiger partial charge is 0.146 e. The predicted molar refractivity (Wildman–Crippen MR) is 93.5 cm³/mol. The fourth-order valence-corrected chi connectivity index (χ4v) is 3.21. The van der Waals surface area contributed by atoms with Crippen molar-refractivity contribution in [2.45, 2.75) is 26.0 Å². The SMILES string of the molecule is CCc1nnc(CN2CCN(CC(O)c3ccc(F)cc3)CC2)n1C. The molecule has 0 radical (unpaired) electrons. The van der Waals surface area contributed by atoms with Crippen molar-refractivity contribution in [2.75, 3.05) is 32.7 Å². The maximum atomic E-state index is 13.0. The molecule has 0 saturated carbocycles. The number of aryl methyl sites for hydroxylation is 1. The molecule has 1 aromatic heterocycles. The van der Waals surface area contributed by atoms with Crippen LogP contribution in [0.5, 0.6) is 0 Å². The second kappa shape index (κ2) is 8.03. The molecule has 0 aliphatic carbocycles. The largest absolute Gasteiger partial charge is 0.387 e. The Morgan fingerprint density at radius 3 is 2.24 bits per heavy atom. The number of β-amino-alcohol motifs (C(OH)–C–C–N with tert-alkyl or cyclic N) is 1. The summed E-state index contributed by atoms with van der Waals surface area (Å²) in [5.41, 5.74) is 0.759. The molecule has 1 fully saturated rings. The molecule has 3 rings (SSSR count). The number of piperazine rings is 1. The van der Waals surface area contributed by atoms with Crippen LogP contribution in [-0.4, -0.2) is 62.4 Å². The van der Waals surface area contributed by atoms with Gasteiger partial charge in [0.25, 0.3) is 0 Å². The van der Waals surface area contributed by atoms with E-state index in [9.17, 15) is 9.50 Å². The summed E-state index contributed by atoms with van der Waals surface area (Å²) in [7, 11) is 2.02. The number of rotatable bonds is 6. The molecule has 0 amide bonds. The van der Waals surface area contributed by atoms with Gasteiger partial charge < -0.3 is 9.67 Å². The van der Waals surface area contributed by atoms with Crippen molar-refractivity contribution in [3.8, 4) is 0 Å². The second-order valence-corrected chi connectivity index (χ2v) is 6.59. The highest BCUT2D eigenvalue weighted by Crippen LogP contribution is 2.16. The lowest BCUT2D eigenvalue weighted by atomic mass is 10.1. The summed E-state index contributed by atoms with van der Waals surface area (Å²) in [6, 6.07) is 6.08. The van der Waals surface area contributed by atoms with Gasteiger partial charge in [-0.2, -0.15) is 0 Å². The van der Waals surface area contributed by atoms with E-state index in [0.717, 1.165) is 56.4 Å². The van der Waals surface area contributed by atoms with E-state index in [1.54, 1.807) is 12.1 Å². The number of aliphatic hydroxyl groups is 1. The zero-order valence-electron chi connectivity index (χ0n) is 14.9. The number of aromatic nitrogens is 3. The molecule has 7 heteroatoms. The molecule has 136 valence electrons. The highest BCUT2D eigenvalue weighted by molar-refractivity contribution is 5.18. The third-order valence-electron chi connectivity index (χ3n) is 4.89. The van der Waals surface area contributed by atoms with Crippen LogP contribution in [-0.2, 0) is 20.0 Å². The number of nitrogens with zero attached hydrogens (tertiary/aromatic N) is 5. The number of hydrogen-bond acceptors (Lipinski definition) is 5. The highest BCUT2D eigenvalue weighted by atomic mass is 19.1. The highest BCUT2D eigenvalue weighted by Gasteiger charge is 2.21. The van der Waals surface area contributed by atoms with Gasteiger partial charge in [-0.1, -0.05) is 19.1 Å². The molecule has 2 aromatic rings. The van der Waals surface area contributed by atoms with Crippen molar-refractivity contribution in [2.24, 2.45) is 7.05 Å². The van der Waals surface area contributed by atoms with Gasteiger partial charge in [0.05, 0.1) is 12.6 Å². The predicted octanol–water partition coefficient (Wildman–Crippen LogP) is 1.37. The molecule has 1 unspecified atom stereocenters. The van der Waals surface area contributed by atoms with Crippen LogP contribution in [0.15, 0.2) is 24.3 Å². The van der Waals surface area contributed by atoms with E-state index in [-0.39, 0.29) is 5.82 Å². The van der Waals surface area contributed by atoms with Crippen LogP contribution in [0.1, 0.15) is 30.2 Å². The quantitative estimate of drug-likeness (QED) is 0.855. The summed E-state index contributed by atoms with van der Waals surface area (Å²) in [5.74, 6) is 1.73. The summed E-state index contributed by atoms with van der Waals surface area (Å²) in [6.45, 7) is 7.13. The molecule has 1 aliphatic heterocycles. The van der Waals surface area contributed by atoms with Gasteiger partial charge in [-0.15, -0.1) is 10.2 Å². The minimum absolute atomic E-state index is 0.278. The first kappa shape index (κ1) is 18.0. The average molecular weight is 347 g/mol. The van der Waals surface area contributed by atoms with Crippen molar-refractivity contribution in [1.29, 1.82) is 0 Å². The van der Waals surface area contributed by atoms with Crippen LogP contribution in [0.3, 0.4) is 0 Å². The van der Waals surface area contributed by atoms with E-state index in [1.807, 2.05) is 7.05 Å². The standard InChI is InChI=1S/C18H26FN5O/c1-3-17-20-21-18(22(17)2)13-24-10-8-23(9-11-24)12-16(25)14-4-6-15(19)7-5-14/h4-7,16,25H,3,8-13H2,1-2H3. The molecule has 1 N–H and O–H groups in total. The van der Waals surface area contributed by atoms with Gasteiger partial charge in [0.1, 0.15) is 17.5 Å². The fraction of sp³-hybridized carbons (Fsp3) is 0.556. The van der Waals surface area contributed by atoms with Gasteiger partial charge in [0.15, 0.2) is 0 Å². The van der Waals surface area contributed by atoms with Crippen LogP contribution in [0.4, 0.5) is 4.39 Å². The van der Waals surface area contributed by atoms with Gasteiger partial charge in [-0.25, -0.2) is 4.39 Å². The van der Waals surface area contributed by atoms with E-state index in [4.69, 9.17) is 0 Å². The number of benzene rings is 1. The molecular weight excluding hydrogens is 321 g/mol. The minimum atomic E-state index is -0.585. The molecule has 2 heterocycles. The first-order valence-electron chi connectivity index (χ1n) is 8.82. The van der Waals surface area contributed by atoms with E-state index in [2.05, 4.69) is 31.5 Å². The lowest BCUT2D eigenvalue weighted by Crippen LogP contribution is -2.47. The van der Waals surface area contributed by atoms with Crippen molar-refractivity contribution in [3.05, 3.63) is 47.3 Å². The van der Waals surface area contributed by atoms with Gasteiger partial charge >= 0.3 is 0 Å². The monoisotopic (exact) mass is 347 g/mol. The minimum Gasteiger partial charge on any atom is -0.387 e. The van der Waals surface area contributed by atoms with Crippen molar-refractivity contribution in [3.63, 3.8) is 0 Å². The topological polar surface area (TPSA) is 57.4 Å². The van der Waals surface area contributed by atoms with Gasteiger partial charge in [-0.3, -0.25) is 9.80 Å². The third-order valence-corrected chi connectivity index (χ3v) is 4.89. The first-order chi connectivity index (χ1) is 12.1. The average Bonchev–Trinajstić information content (AvgIpc) is 2.97. The second-order valence-electron chi connectivity index (χ2n) is 6.59. The lowest BCUT2D eigenvalue weighted by Gasteiger charge is -2.35. The van der Waals surface area contributed by atoms with Crippen LogP contribution < -0.4 is 0 Å². The van der Waals surface area contributed by atoms with Crippen molar-refractivity contribution in [1.82, 2.24) is 24.6 Å². The molecule has 1 aromatic carbocycles. The Morgan fingerprint density at radius 2 is 1.64 bits per heavy atom. The molecule has 1 atom stereocenters. The number of halogens is 1. The van der Waals surface area contributed by atoms with E-state index >= 15 is 0 Å². The Labute approximate surface area is 147 Å². The number of hydrogen-bond donors (Lipinski definition) is 1. The van der Waals surface area contributed by atoms with E-state index < -0.39 is 6.10 Å². The van der Waals surface area contributed by atoms with Gasteiger partial charge in [0.2, 0.25) is 0 Å². The Morgan fingerprint density at radius 1 is 1.04 bits per heavy atom. The molecule has 0 bridgehead atoms. The Balaban J connectivity index is 1.48. The van der Waals surface area contributed by atoms with Gasteiger partial charge in [0, 0.05) is 46.2 Å². The summed E-state index contributed by atoms with van der Waals surface area (Å²) in [5, 5.41) is 18.8. The molecular formula is C18H26FN5O. The number of aliphatic hydroxyl groups excluding tert-OH is 1. The van der Waals surface area contributed by atoms with Crippen molar-refractivity contribution >= 4 is 0 Å². The maximum absolute atomic E-state index is 13.0. The van der Waals surface area contributed by atoms with Crippen LogP contribution in [0.25, 0.3) is 0 Å². The summed E-state index contributed by atoms with van der Waals surface area (Å²) < 4.78 is 15.0. The third kappa shape index (κ3) is 4.42. The maximum Gasteiger partial charge on any atom is 0.146 e. The van der Waals surface area contributed by atoms with E-state index in [1.165, 1.54) is 12.1 Å². The van der Waals surface area contributed by atoms with E-state index in [0.29, 0.717) is 6.54 Å². The van der Waals surface area contributed by atoms with Gasteiger partial charge in [-0.05, 0) is 17.7 Å². The lowest BCUT2D eigenvalue weighted by molar-refractivity contribution is 0.0689. The molecule has 0 spiro atoms. The summed E-state index contributed by atoms with van der Waals surface area (Å²) >= 11 is 0. The van der Waals surface area contributed by atoms with Crippen LogP contribution in [0.2, 0.25) is 0 Å². The molecule has 25 heavy (non-hydrogen) atoms. The summed E-state index contributed by atoms with van der Waals surface area (Å²) in [6.07, 6.45) is 0.302. The summed E-state index contributed by atoms with van der Waals surface area (Å²) in [4.78, 5) is 4.61. The fourth-order valence-electron chi connectivity index (χ4n) is 3.21. The molecule has 1 saturated heterocycles. The Kier molecular flexibility index (Phi) is 5.78. The van der Waals surface area contributed by atoms with Crippen molar-refractivity contribution < 1.29 is 9.50 Å². The molecule has 6 nitrogen and oxygen atoms in total. The molecule has 1 aliphatic rings. The zero-order chi connectivity index (χ0) is 17.8. The first-order valence-corrected chi connectivity index (χ1v) is 8.82. The Hall–Kier alpha value is -1.83.